The molecule has 0 aromatic heterocycles. The molecule has 0 saturated heterocycles. The van der Waals surface area contributed by atoms with E-state index in [1.165, 1.54) is 0 Å². The zero-order chi connectivity index (χ0) is 6.28. The molecule has 0 rings (SSSR count). The quantitative estimate of drug-likeness (QED) is 0.450. The molecular formula is C2H6O3S2. The minimum atomic E-state index is -0.750. The Morgan fingerprint density at radius 1 is 1.29 bits per heavy atom. The number of hydrogen-bond acceptors (Lipinski definition) is 3. The standard InChI is InChI=1S/C2H6OS.O2S/c1-4(2)3;1-3-2/h1-2H3;. The maximum absolute atomic E-state index is 9.56. The van der Waals surface area contributed by atoms with Crippen LogP contribution in [0, 0.1) is 0 Å². The van der Waals surface area contributed by atoms with Crippen LogP contribution in [0.2, 0.25) is 0 Å². The summed E-state index contributed by atoms with van der Waals surface area (Å²) in [6.07, 6.45) is 3.28. The lowest BCUT2D eigenvalue weighted by molar-refractivity contribution is 0.630. The lowest BCUT2D eigenvalue weighted by Crippen LogP contribution is -1.70. The molecule has 0 bridgehead atoms. The van der Waals surface area contributed by atoms with Gasteiger partial charge in [0.2, 0.25) is 0 Å². The summed E-state index contributed by atoms with van der Waals surface area (Å²) in [5.74, 6) is 0. The van der Waals surface area contributed by atoms with Crippen molar-refractivity contribution in [3.05, 3.63) is 0 Å². The van der Waals surface area contributed by atoms with E-state index in [4.69, 9.17) is 8.42 Å². The molecule has 0 aliphatic heterocycles. The second kappa shape index (κ2) is 9.36. The van der Waals surface area contributed by atoms with E-state index in [0.717, 1.165) is 0 Å². The summed E-state index contributed by atoms with van der Waals surface area (Å²) in [4.78, 5) is 0. The van der Waals surface area contributed by atoms with Gasteiger partial charge in [-0.15, -0.1) is 0 Å². The van der Waals surface area contributed by atoms with Crippen molar-refractivity contribution in [3.63, 3.8) is 0 Å². The molecule has 0 unspecified atom stereocenters. The van der Waals surface area contributed by atoms with Gasteiger partial charge in [-0.25, -0.2) is 0 Å². The van der Waals surface area contributed by atoms with E-state index < -0.39 is 22.4 Å². The third-order valence-electron chi connectivity index (χ3n) is 0. The first-order valence-corrected chi connectivity index (χ1v) is 3.95. The maximum atomic E-state index is 9.56. The van der Waals surface area contributed by atoms with E-state index in [-0.39, 0.29) is 0 Å². The van der Waals surface area contributed by atoms with E-state index in [1.807, 2.05) is 0 Å². The van der Waals surface area contributed by atoms with Gasteiger partial charge in [0.05, 0.1) is 0 Å². The minimum Gasteiger partial charge on any atom is -0.260 e. The summed E-state index contributed by atoms with van der Waals surface area (Å²) in [6, 6.07) is 0. The van der Waals surface area contributed by atoms with Crippen LogP contribution in [0.1, 0.15) is 0 Å². The summed E-state index contributed by atoms with van der Waals surface area (Å²) in [5, 5.41) is 0. The van der Waals surface area contributed by atoms with Gasteiger partial charge in [0.1, 0.15) is 0 Å². The van der Waals surface area contributed by atoms with Crippen LogP contribution >= 0.6 is 0 Å². The van der Waals surface area contributed by atoms with E-state index in [9.17, 15) is 4.21 Å². The van der Waals surface area contributed by atoms with Crippen molar-refractivity contribution >= 4 is 22.4 Å². The van der Waals surface area contributed by atoms with Gasteiger partial charge in [-0.05, 0) is 0 Å². The van der Waals surface area contributed by atoms with E-state index >= 15 is 0 Å². The highest BCUT2D eigenvalue weighted by molar-refractivity contribution is 7.83. The molecule has 0 aromatic rings. The minimum absolute atomic E-state index is 0.611. The molecule has 0 aromatic carbocycles. The van der Waals surface area contributed by atoms with Gasteiger partial charge < -0.3 is 0 Å². The van der Waals surface area contributed by atoms with Crippen molar-refractivity contribution in [2.75, 3.05) is 12.5 Å². The fraction of sp³-hybridized carbons (Fsp3) is 1.00. The van der Waals surface area contributed by atoms with Gasteiger partial charge in [0, 0.05) is 23.3 Å². The second-order valence-corrected chi connectivity index (χ2v) is 2.43. The SMILES string of the molecule is CS(C)=O.O=S=O. The summed E-state index contributed by atoms with van der Waals surface area (Å²) in [6.45, 7) is 0. The fourth-order valence-electron chi connectivity index (χ4n) is 0. The van der Waals surface area contributed by atoms with E-state index in [0.29, 0.717) is 0 Å². The molecule has 0 N–H and O–H groups in total. The Kier molecular flexibility index (Phi) is 13.4. The molecule has 3 nitrogen and oxygen atoms in total. The summed E-state index contributed by atoms with van der Waals surface area (Å²) < 4.78 is 26.1. The first-order valence-electron chi connectivity index (χ1n) is 1.32. The van der Waals surface area contributed by atoms with Crippen LogP contribution in [0.25, 0.3) is 0 Å². The molecule has 44 valence electrons. The highest BCUT2D eigenvalue weighted by atomic mass is 32.2. The van der Waals surface area contributed by atoms with Crippen molar-refractivity contribution in [3.8, 4) is 0 Å². The van der Waals surface area contributed by atoms with Gasteiger partial charge in [-0.1, -0.05) is 0 Å². The average Bonchev–Trinajstić information content (AvgIpc) is 1.33. The van der Waals surface area contributed by atoms with Gasteiger partial charge in [0.15, 0.2) is 0 Å². The Balaban J connectivity index is 0. The Morgan fingerprint density at radius 2 is 1.29 bits per heavy atom. The molecule has 0 heterocycles. The third kappa shape index (κ3) is 105000. The molecule has 5 heteroatoms. The van der Waals surface area contributed by atoms with Gasteiger partial charge in [0.25, 0.3) is 0 Å². The molecule has 0 radical (unpaired) electrons. The van der Waals surface area contributed by atoms with Crippen LogP contribution in [-0.4, -0.2) is 25.1 Å². The van der Waals surface area contributed by atoms with Gasteiger partial charge in [-0.3, -0.25) is 4.21 Å². The lowest BCUT2D eigenvalue weighted by Gasteiger charge is -1.60. The first kappa shape index (κ1) is 10.1. The maximum Gasteiger partial charge on any atom is 0.335 e. The van der Waals surface area contributed by atoms with Gasteiger partial charge in [-0.2, -0.15) is 8.42 Å². The summed E-state index contributed by atoms with van der Waals surface area (Å²) in [7, 11) is -0.611. The van der Waals surface area contributed by atoms with Crippen LogP contribution in [0.4, 0.5) is 0 Å². The van der Waals surface area contributed by atoms with E-state index in [2.05, 4.69) is 0 Å². The molecular weight excluding hydrogens is 136 g/mol. The molecule has 7 heavy (non-hydrogen) atoms. The Labute approximate surface area is 48.2 Å². The molecule has 0 fully saturated rings. The van der Waals surface area contributed by atoms with Crippen molar-refractivity contribution in [1.29, 1.82) is 0 Å². The smallest absolute Gasteiger partial charge is 0.260 e. The predicted molar refractivity (Wildman–Crippen MR) is 28.9 cm³/mol. The summed E-state index contributed by atoms with van der Waals surface area (Å²) >= 11 is -0.750. The zero-order valence-electron chi connectivity index (χ0n) is 4.04. The van der Waals surface area contributed by atoms with Crippen molar-refractivity contribution in [1.82, 2.24) is 0 Å². The second-order valence-electron chi connectivity index (χ2n) is 0.810. The molecule has 0 saturated carbocycles. The highest BCUT2D eigenvalue weighted by Crippen LogP contribution is 1.47. The van der Waals surface area contributed by atoms with Crippen molar-refractivity contribution < 1.29 is 12.6 Å². The van der Waals surface area contributed by atoms with Gasteiger partial charge >= 0.3 is 11.6 Å². The molecule has 0 spiro atoms. The van der Waals surface area contributed by atoms with E-state index in [1.54, 1.807) is 12.5 Å². The largest absolute Gasteiger partial charge is 0.335 e. The number of rotatable bonds is 0. The van der Waals surface area contributed by atoms with Crippen LogP contribution < -0.4 is 0 Å². The average molecular weight is 142 g/mol. The van der Waals surface area contributed by atoms with Crippen molar-refractivity contribution in [2.24, 2.45) is 0 Å². The molecule has 0 amide bonds. The van der Waals surface area contributed by atoms with Crippen LogP contribution in [0.3, 0.4) is 0 Å². The Bertz CT molecular complexity index is 78.9. The molecule has 0 aliphatic rings. The van der Waals surface area contributed by atoms with Crippen molar-refractivity contribution in [2.45, 2.75) is 0 Å². The fourth-order valence-corrected chi connectivity index (χ4v) is 0. The normalized spacial score (nSPS) is 6.71. The van der Waals surface area contributed by atoms with Crippen LogP contribution in [0.5, 0.6) is 0 Å². The molecule has 0 atom stereocenters. The Morgan fingerprint density at radius 3 is 1.29 bits per heavy atom. The van der Waals surface area contributed by atoms with Crippen LogP contribution in [0.15, 0.2) is 0 Å². The summed E-state index contributed by atoms with van der Waals surface area (Å²) in [5.41, 5.74) is 0. The number of hydrogen-bond donors (Lipinski definition) is 0. The Hall–Kier alpha value is -0.0300. The monoisotopic (exact) mass is 142 g/mol. The first-order chi connectivity index (χ1) is 3.15. The zero-order valence-corrected chi connectivity index (χ0v) is 5.67. The predicted octanol–water partition coefficient (Wildman–Crippen LogP) is -0.675. The topological polar surface area (TPSA) is 51.2 Å². The molecule has 0 aliphatic carbocycles. The lowest BCUT2D eigenvalue weighted by atomic mass is 11.9. The third-order valence-corrected chi connectivity index (χ3v) is 0. The van der Waals surface area contributed by atoms with Crippen LogP contribution in [-0.2, 0) is 22.4 Å². The highest BCUT2D eigenvalue weighted by Gasteiger charge is 1.57.